The van der Waals surface area contributed by atoms with Crippen LogP contribution < -0.4 is 10.1 Å². The number of aromatic nitrogens is 2. The van der Waals surface area contributed by atoms with Crippen molar-refractivity contribution in [1.29, 1.82) is 0 Å². The van der Waals surface area contributed by atoms with Gasteiger partial charge in [0.05, 0.1) is 18.3 Å². The molecule has 152 valence electrons. The Hall–Kier alpha value is -3.34. The summed E-state index contributed by atoms with van der Waals surface area (Å²) in [4.78, 5) is 21.4. The van der Waals surface area contributed by atoms with E-state index < -0.39 is 0 Å². The molecule has 2 heterocycles. The summed E-state index contributed by atoms with van der Waals surface area (Å²) >= 11 is 0. The minimum absolute atomic E-state index is 0.0989. The number of para-hydroxylation sites is 1. The average Bonchev–Trinajstić information content (AvgIpc) is 3.18. The zero-order chi connectivity index (χ0) is 20.5. The Bertz CT molecular complexity index is 1220. The average molecular weight is 399 g/mol. The van der Waals surface area contributed by atoms with Crippen LogP contribution in [0.15, 0.2) is 54.6 Å². The maximum Gasteiger partial charge on any atom is 0.270 e. The third-order valence-electron chi connectivity index (χ3n) is 6.01. The zero-order valence-corrected chi connectivity index (χ0v) is 17.1. The highest BCUT2D eigenvalue weighted by molar-refractivity contribution is 6.13. The van der Waals surface area contributed by atoms with E-state index in [1.165, 1.54) is 19.3 Å². The number of ether oxygens (including phenoxy) is 1. The summed E-state index contributed by atoms with van der Waals surface area (Å²) in [6.07, 6.45) is 5.70. The minimum Gasteiger partial charge on any atom is -0.497 e. The molecular formula is C25H25N3O2. The van der Waals surface area contributed by atoms with Gasteiger partial charge in [-0.15, -0.1) is 0 Å². The molecule has 5 rings (SSSR count). The van der Waals surface area contributed by atoms with E-state index in [2.05, 4.69) is 16.4 Å². The summed E-state index contributed by atoms with van der Waals surface area (Å²) in [6.45, 7) is 0. The number of hydrogen-bond acceptors (Lipinski definition) is 3. The Morgan fingerprint density at radius 2 is 1.87 bits per heavy atom. The number of carbonyl (C=O) groups excluding carboxylic acids is 1. The summed E-state index contributed by atoms with van der Waals surface area (Å²) in [6, 6.07) is 18.1. The lowest BCUT2D eigenvalue weighted by Gasteiger charge is -2.22. The summed E-state index contributed by atoms with van der Waals surface area (Å²) in [7, 11) is 1.65. The number of pyridine rings is 1. The minimum atomic E-state index is -0.0989. The van der Waals surface area contributed by atoms with Gasteiger partial charge in [-0.1, -0.05) is 49.6 Å². The molecule has 30 heavy (non-hydrogen) atoms. The van der Waals surface area contributed by atoms with Crippen LogP contribution in [0.1, 0.15) is 42.6 Å². The monoisotopic (exact) mass is 399 g/mol. The normalized spacial score (nSPS) is 14.8. The molecule has 0 radical (unpaired) electrons. The summed E-state index contributed by atoms with van der Waals surface area (Å²) in [5.41, 5.74) is 4.09. The van der Waals surface area contributed by atoms with Gasteiger partial charge < -0.3 is 15.0 Å². The third kappa shape index (κ3) is 3.41. The number of fused-ring (bicyclic) bond motifs is 3. The second-order valence-corrected chi connectivity index (χ2v) is 7.99. The van der Waals surface area contributed by atoms with Crippen molar-refractivity contribution in [2.24, 2.45) is 0 Å². The Morgan fingerprint density at radius 3 is 2.70 bits per heavy atom. The van der Waals surface area contributed by atoms with Gasteiger partial charge in [0.1, 0.15) is 11.4 Å². The fourth-order valence-corrected chi connectivity index (χ4v) is 4.45. The van der Waals surface area contributed by atoms with E-state index in [1.807, 2.05) is 48.5 Å². The van der Waals surface area contributed by atoms with Crippen LogP contribution >= 0.6 is 0 Å². The van der Waals surface area contributed by atoms with Crippen LogP contribution in [0, 0.1) is 0 Å². The molecule has 0 atom stereocenters. The van der Waals surface area contributed by atoms with Crippen molar-refractivity contribution in [2.45, 2.75) is 38.1 Å². The van der Waals surface area contributed by atoms with Crippen LogP contribution in [0.2, 0.25) is 0 Å². The smallest absolute Gasteiger partial charge is 0.270 e. The van der Waals surface area contributed by atoms with Gasteiger partial charge in [0.15, 0.2) is 0 Å². The summed E-state index contributed by atoms with van der Waals surface area (Å²) < 4.78 is 5.41. The summed E-state index contributed by atoms with van der Waals surface area (Å²) in [5, 5.41) is 5.30. The fraction of sp³-hybridized carbons (Fsp3) is 0.280. The molecular weight excluding hydrogens is 374 g/mol. The molecule has 1 fully saturated rings. The number of hydrogen-bond donors (Lipinski definition) is 2. The van der Waals surface area contributed by atoms with Gasteiger partial charge in [0, 0.05) is 27.9 Å². The number of aromatic amines is 1. The Kier molecular flexibility index (Phi) is 4.87. The molecule has 1 aliphatic rings. The highest BCUT2D eigenvalue weighted by atomic mass is 16.5. The van der Waals surface area contributed by atoms with Gasteiger partial charge in [0.25, 0.3) is 5.91 Å². The van der Waals surface area contributed by atoms with Crippen molar-refractivity contribution in [2.75, 3.05) is 7.11 Å². The van der Waals surface area contributed by atoms with Gasteiger partial charge in [0.2, 0.25) is 0 Å². The van der Waals surface area contributed by atoms with E-state index in [0.29, 0.717) is 5.69 Å². The van der Waals surface area contributed by atoms with Crippen molar-refractivity contribution in [3.8, 4) is 17.0 Å². The van der Waals surface area contributed by atoms with Crippen LogP contribution in [0.4, 0.5) is 0 Å². The van der Waals surface area contributed by atoms with Crippen molar-refractivity contribution < 1.29 is 9.53 Å². The molecule has 5 nitrogen and oxygen atoms in total. The maximum absolute atomic E-state index is 13.1. The van der Waals surface area contributed by atoms with E-state index in [-0.39, 0.29) is 11.9 Å². The predicted octanol–water partition coefficient (Wildman–Crippen LogP) is 5.45. The van der Waals surface area contributed by atoms with Gasteiger partial charge in [-0.05, 0) is 37.1 Å². The molecule has 0 spiro atoms. The first-order chi connectivity index (χ1) is 14.7. The number of nitrogens with one attached hydrogen (secondary N) is 2. The van der Waals surface area contributed by atoms with Gasteiger partial charge in [-0.25, -0.2) is 4.98 Å². The first-order valence-electron chi connectivity index (χ1n) is 10.6. The topological polar surface area (TPSA) is 67.0 Å². The van der Waals surface area contributed by atoms with Crippen LogP contribution in [-0.2, 0) is 0 Å². The second kappa shape index (κ2) is 7.82. The van der Waals surface area contributed by atoms with Gasteiger partial charge in [-0.2, -0.15) is 0 Å². The molecule has 2 aromatic heterocycles. The van der Waals surface area contributed by atoms with Gasteiger partial charge in [-0.3, -0.25) is 4.79 Å². The predicted molar refractivity (Wildman–Crippen MR) is 120 cm³/mol. The number of amides is 1. The Morgan fingerprint density at radius 1 is 1.03 bits per heavy atom. The largest absolute Gasteiger partial charge is 0.497 e. The molecule has 0 unspecified atom stereocenters. The van der Waals surface area contributed by atoms with E-state index in [1.54, 1.807) is 7.11 Å². The molecule has 0 bridgehead atoms. The lowest BCUT2D eigenvalue weighted by Crippen LogP contribution is -2.36. The number of carbonyl (C=O) groups is 1. The van der Waals surface area contributed by atoms with Crippen molar-refractivity contribution >= 4 is 27.7 Å². The molecule has 4 aromatic rings. The van der Waals surface area contributed by atoms with Crippen LogP contribution in [-0.4, -0.2) is 29.0 Å². The van der Waals surface area contributed by atoms with E-state index in [0.717, 1.165) is 51.7 Å². The fourth-order valence-electron chi connectivity index (χ4n) is 4.45. The van der Waals surface area contributed by atoms with Crippen LogP contribution in [0.3, 0.4) is 0 Å². The first-order valence-corrected chi connectivity index (χ1v) is 10.6. The lowest BCUT2D eigenvalue weighted by molar-refractivity contribution is 0.0923. The van der Waals surface area contributed by atoms with Crippen molar-refractivity contribution in [3.63, 3.8) is 0 Å². The second-order valence-electron chi connectivity index (χ2n) is 7.99. The molecule has 1 aliphatic carbocycles. The Labute approximate surface area is 175 Å². The standard InChI is InChI=1S/C25H25N3O2/c1-30-18-11-7-8-16(14-18)23-24-20(19-12-5-6-13-21(19)27-24)15-22(28-23)25(29)26-17-9-3-2-4-10-17/h5-8,11-15,17,27H,2-4,9-10H2,1H3,(H,26,29). The molecule has 2 aromatic carbocycles. The molecule has 1 saturated carbocycles. The molecule has 0 saturated heterocycles. The number of methoxy groups -OCH3 is 1. The van der Waals surface area contributed by atoms with Crippen LogP contribution in [0.5, 0.6) is 5.75 Å². The quantitative estimate of drug-likeness (QED) is 0.479. The van der Waals surface area contributed by atoms with E-state index in [4.69, 9.17) is 9.72 Å². The molecule has 5 heteroatoms. The van der Waals surface area contributed by atoms with Crippen molar-refractivity contribution in [1.82, 2.24) is 15.3 Å². The molecule has 1 amide bonds. The maximum atomic E-state index is 13.1. The number of benzene rings is 2. The molecule has 0 aliphatic heterocycles. The number of rotatable bonds is 4. The van der Waals surface area contributed by atoms with Crippen molar-refractivity contribution in [3.05, 3.63) is 60.3 Å². The summed E-state index contributed by atoms with van der Waals surface area (Å²) in [5.74, 6) is 0.661. The van der Waals surface area contributed by atoms with Crippen LogP contribution in [0.25, 0.3) is 33.1 Å². The number of H-pyrrole nitrogens is 1. The van der Waals surface area contributed by atoms with Gasteiger partial charge >= 0.3 is 0 Å². The third-order valence-corrected chi connectivity index (χ3v) is 6.01. The zero-order valence-electron chi connectivity index (χ0n) is 17.1. The van der Waals surface area contributed by atoms with E-state index in [9.17, 15) is 4.79 Å². The SMILES string of the molecule is COc1cccc(-c2nc(C(=O)NC3CCCCC3)cc3c2[nH]c2ccccc23)c1. The molecule has 2 N–H and O–H groups in total. The first kappa shape index (κ1) is 18.7. The Balaban J connectivity index is 1.65. The highest BCUT2D eigenvalue weighted by Crippen LogP contribution is 2.34. The van der Waals surface area contributed by atoms with E-state index >= 15 is 0 Å². The number of nitrogens with zero attached hydrogens (tertiary/aromatic N) is 1. The lowest BCUT2D eigenvalue weighted by atomic mass is 9.95. The highest BCUT2D eigenvalue weighted by Gasteiger charge is 2.20.